The van der Waals surface area contributed by atoms with Crippen LogP contribution in [0.25, 0.3) is 0 Å². The van der Waals surface area contributed by atoms with Gasteiger partial charge in [-0.2, -0.15) is 0 Å². The average Bonchev–Trinajstić information content (AvgIpc) is 3.23. The zero-order valence-corrected chi connectivity index (χ0v) is 16.6. The summed E-state index contributed by atoms with van der Waals surface area (Å²) in [5.41, 5.74) is 1.02. The molecule has 4 rings (SSSR count). The summed E-state index contributed by atoms with van der Waals surface area (Å²) in [5.74, 6) is 0.171. The number of urea groups is 1. The molecule has 2 saturated heterocycles. The fourth-order valence-electron chi connectivity index (χ4n) is 4.16. The van der Waals surface area contributed by atoms with Crippen LogP contribution in [0, 0.1) is 5.92 Å². The number of nitrogens with one attached hydrogen (secondary N) is 1. The molecule has 3 amide bonds. The van der Waals surface area contributed by atoms with Gasteiger partial charge >= 0.3 is 6.03 Å². The average molecular weight is 420 g/mol. The summed E-state index contributed by atoms with van der Waals surface area (Å²) in [7, 11) is 0. The number of amides is 3. The number of carbonyl (C=O) groups is 2. The maximum atomic E-state index is 12.8. The SMILES string of the molecule is O=C(NC1(c2ccc(Br)cc2)CC1)C1CCN(C(=O)N2CCCC2)CC1. The predicted molar refractivity (Wildman–Crippen MR) is 104 cm³/mol. The molecule has 0 spiro atoms. The standard InChI is InChI=1S/C20H26BrN3O2/c21-17-5-3-16(4-6-17)20(9-10-20)22-18(25)15-7-13-24(14-8-15)19(26)23-11-1-2-12-23/h3-6,15H,1-2,7-14H2,(H,22,25). The monoisotopic (exact) mass is 419 g/mol. The number of piperidine rings is 1. The second-order valence-corrected chi connectivity index (χ2v) is 8.73. The molecule has 6 heteroatoms. The first-order chi connectivity index (χ1) is 12.6. The van der Waals surface area contributed by atoms with E-state index in [9.17, 15) is 9.59 Å². The minimum atomic E-state index is -0.166. The molecule has 2 heterocycles. The smallest absolute Gasteiger partial charge is 0.319 e. The molecule has 3 fully saturated rings. The van der Waals surface area contributed by atoms with Crippen molar-refractivity contribution in [2.45, 2.75) is 44.1 Å². The number of likely N-dealkylation sites (tertiary alicyclic amines) is 2. The van der Waals surface area contributed by atoms with Gasteiger partial charge in [-0.1, -0.05) is 28.1 Å². The van der Waals surface area contributed by atoms with Crippen molar-refractivity contribution >= 4 is 27.9 Å². The van der Waals surface area contributed by atoms with E-state index in [1.807, 2.05) is 21.9 Å². The minimum absolute atomic E-state index is 0.0190. The first-order valence-electron chi connectivity index (χ1n) is 9.69. The van der Waals surface area contributed by atoms with Gasteiger partial charge in [0.15, 0.2) is 0 Å². The van der Waals surface area contributed by atoms with Gasteiger partial charge in [0.2, 0.25) is 5.91 Å². The Balaban J connectivity index is 1.31. The third-order valence-corrected chi connectivity index (χ3v) is 6.55. The maximum absolute atomic E-state index is 12.8. The van der Waals surface area contributed by atoms with E-state index in [1.54, 1.807) is 0 Å². The molecule has 5 nitrogen and oxygen atoms in total. The van der Waals surface area contributed by atoms with Gasteiger partial charge in [-0.3, -0.25) is 4.79 Å². The number of hydrogen-bond acceptors (Lipinski definition) is 2. The highest BCUT2D eigenvalue weighted by Gasteiger charge is 2.46. The van der Waals surface area contributed by atoms with Crippen LogP contribution in [0.3, 0.4) is 0 Å². The van der Waals surface area contributed by atoms with E-state index >= 15 is 0 Å². The van der Waals surface area contributed by atoms with E-state index in [-0.39, 0.29) is 23.4 Å². The lowest BCUT2D eigenvalue weighted by atomic mass is 9.94. The highest BCUT2D eigenvalue weighted by molar-refractivity contribution is 9.10. The molecule has 1 aromatic carbocycles. The van der Waals surface area contributed by atoms with Crippen molar-refractivity contribution in [3.05, 3.63) is 34.3 Å². The minimum Gasteiger partial charge on any atom is -0.346 e. The normalized spacial score (nSPS) is 22.3. The number of hydrogen-bond donors (Lipinski definition) is 1. The lowest BCUT2D eigenvalue weighted by Gasteiger charge is -2.34. The molecule has 1 aromatic rings. The molecule has 0 radical (unpaired) electrons. The van der Waals surface area contributed by atoms with Gasteiger partial charge in [-0.15, -0.1) is 0 Å². The van der Waals surface area contributed by atoms with E-state index in [2.05, 4.69) is 33.4 Å². The van der Waals surface area contributed by atoms with Crippen LogP contribution in [0.5, 0.6) is 0 Å². The summed E-state index contributed by atoms with van der Waals surface area (Å²) in [6, 6.07) is 8.41. The lowest BCUT2D eigenvalue weighted by molar-refractivity contribution is -0.127. The van der Waals surface area contributed by atoms with Crippen molar-refractivity contribution in [1.29, 1.82) is 0 Å². The second-order valence-electron chi connectivity index (χ2n) is 7.82. The van der Waals surface area contributed by atoms with Gasteiger partial charge in [-0.05, 0) is 56.2 Å². The zero-order chi connectivity index (χ0) is 18.1. The molecule has 1 saturated carbocycles. The molecule has 0 atom stereocenters. The molecule has 1 N–H and O–H groups in total. The Kier molecular flexibility index (Phi) is 4.95. The van der Waals surface area contributed by atoms with Crippen molar-refractivity contribution in [1.82, 2.24) is 15.1 Å². The van der Waals surface area contributed by atoms with Crippen molar-refractivity contribution in [3.8, 4) is 0 Å². The number of carbonyl (C=O) groups excluding carboxylic acids is 2. The first kappa shape index (κ1) is 17.8. The Bertz CT molecular complexity index is 673. The summed E-state index contributed by atoms with van der Waals surface area (Å²) in [4.78, 5) is 29.1. The van der Waals surface area contributed by atoms with E-state index in [0.717, 1.165) is 56.1 Å². The third kappa shape index (κ3) is 3.61. The van der Waals surface area contributed by atoms with Gasteiger partial charge in [0.1, 0.15) is 0 Å². The Morgan fingerprint density at radius 3 is 2.12 bits per heavy atom. The van der Waals surface area contributed by atoms with E-state index in [0.29, 0.717) is 13.1 Å². The van der Waals surface area contributed by atoms with Crippen LogP contribution in [0.15, 0.2) is 28.7 Å². The summed E-state index contributed by atoms with van der Waals surface area (Å²) in [6.07, 6.45) is 5.77. The highest BCUT2D eigenvalue weighted by atomic mass is 79.9. The lowest BCUT2D eigenvalue weighted by Crippen LogP contribution is -2.48. The molecule has 3 aliphatic rings. The predicted octanol–water partition coefficient (Wildman–Crippen LogP) is 3.48. The Morgan fingerprint density at radius 1 is 0.962 bits per heavy atom. The van der Waals surface area contributed by atoms with Crippen LogP contribution >= 0.6 is 15.9 Å². The summed E-state index contributed by atoms with van der Waals surface area (Å²) in [6.45, 7) is 3.15. The molecule has 0 aromatic heterocycles. The number of halogens is 1. The van der Waals surface area contributed by atoms with E-state index in [1.165, 1.54) is 5.56 Å². The number of nitrogens with zero attached hydrogens (tertiary/aromatic N) is 2. The van der Waals surface area contributed by atoms with Crippen LogP contribution < -0.4 is 5.32 Å². The molecule has 0 bridgehead atoms. The maximum Gasteiger partial charge on any atom is 0.319 e. The largest absolute Gasteiger partial charge is 0.346 e. The summed E-state index contributed by atoms with van der Waals surface area (Å²) < 4.78 is 1.05. The van der Waals surface area contributed by atoms with Gasteiger partial charge in [0.25, 0.3) is 0 Å². The molecular weight excluding hydrogens is 394 g/mol. The molecule has 140 valence electrons. The first-order valence-corrected chi connectivity index (χ1v) is 10.5. The van der Waals surface area contributed by atoms with Gasteiger partial charge in [-0.25, -0.2) is 4.79 Å². The second kappa shape index (κ2) is 7.22. The quantitative estimate of drug-likeness (QED) is 0.814. The van der Waals surface area contributed by atoms with Crippen LogP contribution in [0.2, 0.25) is 0 Å². The van der Waals surface area contributed by atoms with Crippen LogP contribution in [-0.4, -0.2) is 47.9 Å². The topological polar surface area (TPSA) is 52.7 Å². The summed E-state index contributed by atoms with van der Waals surface area (Å²) in [5, 5.41) is 3.30. The van der Waals surface area contributed by atoms with Crippen molar-refractivity contribution in [3.63, 3.8) is 0 Å². The fourth-order valence-corrected chi connectivity index (χ4v) is 4.42. The molecule has 0 unspecified atom stereocenters. The van der Waals surface area contributed by atoms with Gasteiger partial charge in [0, 0.05) is 36.6 Å². The van der Waals surface area contributed by atoms with Gasteiger partial charge < -0.3 is 15.1 Å². The summed E-state index contributed by atoms with van der Waals surface area (Å²) >= 11 is 3.46. The van der Waals surface area contributed by atoms with Crippen LogP contribution in [0.1, 0.15) is 44.1 Å². The Labute approximate surface area is 163 Å². The van der Waals surface area contributed by atoms with Gasteiger partial charge in [0.05, 0.1) is 5.54 Å². The van der Waals surface area contributed by atoms with E-state index in [4.69, 9.17) is 0 Å². The van der Waals surface area contributed by atoms with Crippen LogP contribution in [-0.2, 0) is 10.3 Å². The molecule has 2 aliphatic heterocycles. The third-order valence-electron chi connectivity index (χ3n) is 6.02. The zero-order valence-electron chi connectivity index (χ0n) is 15.0. The molecular formula is C20H26BrN3O2. The Morgan fingerprint density at radius 2 is 1.54 bits per heavy atom. The van der Waals surface area contributed by atoms with E-state index < -0.39 is 0 Å². The molecule has 26 heavy (non-hydrogen) atoms. The number of benzene rings is 1. The molecule has 1 aliphatic carbocycles. The Hall–Kier alpha value is -1.56. The van der Waals surface area contributed by atoms with Crippen molar-refractivity contribution in [2.75, 3.05) is 26.2 Å². The fraction of sp³-hybridized carbons (Fsp3) is 0.600. The van der Waals surface area contributed by atoms with Crippen molar-refractivity contribution in [2.24, 2.45) is 5.92 Å². The number of rotatable bonds is 3. The van der Waals surface area contributed by atoms with Crippen LogP contribution in [0.4, 0.5) is 4.79 Å². The van der Waals surface area contributed by atoms with Crippen molar-refractivity contribution < 1.29 is 9.59 Å². The highest BCUT2D eigenvalue weighted by Crippen LogP contribution is 2.46.